The van der Waals surface area contributed by atoms with Gasteiger partial charge in [0.25, 0.3) is 0 Å². The Kier molecular flexibility index (Phi) is 9.35. The first-order valence-corrected chi connectivity index (χ1v) is 13.0. The minimum absolute atomic E-state index is 0.455. The quantitative estimate of drug-likeness (QED) is 0.259. The molecule has 0 heterocycles. The first-order chi connectivity index (χ1) is 14.3. The molecule has 29 heavy (non-hydrogen) atoms. The van der Waals surface area contributed by atoms with Crippen LogP contribution in [0, 0.1) is 11.8 Å². The second-order valence-electron chi connectivity index (χ2n) is 10.3. The molecule has 1 aromatic carbocycles. The van der Waals surface area contributed by atoms with E-state index in [0.717, 1.165) is 11.8 Å². The summed E-state index contributed by atoms with van der Waals surface area (Å²) >= 11 is 0. The molecule has 2 saturated carbocycles. The Morgan fingerprint density at radius 3 is 2.17 bits per heavy atom. The summed E-state index contributed by atoms with van der Waals surface area (Å²) in [5.41, 5.74) is 3.65. The van der Waals surface area contributed by atoms with Gasteiger partial charge in [0.15, 0.2) is 0 Å². The summed E-state index contributed by atoms with van der Waals surface area (Å²) in [5, 5.41) is 0. The van der Waals surface area contributed by atoms with E-state index in [0.29, 0.717) is 5.41 Å². The van der Waals surface area contributed by atoms with E-state index in [1.165, 1.54) is 109 Å². The molecule has 0 nitrogen and oxygen atoms in total. The molecule has 3 rings (SSSR count). The molecule has 2 fully saturated rings. The Bertz CT molecular complexity index is 567. The van der Waals surface area contributed by atoms with Crippen LogP contribution in [-0.4, -0.2) is 0 Å². The van der Waals surface area contributed by atoms with Crippen LogP contribution in [-0.2, 0) is 11.8 Å². The van der Waals surface area contributed by atoms with E-state index in [1.54, 1.807) is 11.1 Å². The van der Waals surface area contributed by atoms with Gasteiger partial charge < -0.3 is 0 Å². The van der Waals surface area contributed by atoms with Crippen molar-refractivity contribution in [2.75, 3.05) is 0 Å². The Hall–Kier alpha value is -1.04. The molecule has 0 N–H and O–H groups in total. The Morgan fingerprint density at radius 1 is 0.897 bits per heavy atom. The Labute approximate surface area is 181 Å². The van der Waals surface area contributed by atoms with Gasteiger partial charge in [0.1, 0.15) is 0 Å². The topological polar surface area (TPSA) is 0 Å². The lowest BCUT2D eigenvalue weighted by Gasteiger charge is -2.38. The summed E-state index contributed by atoms with van der Waals surface area (Å²) in [6, 6.07) is 9.92. The highest BCUT2D eigenvalue weighted by Gasteiger charge is 2.33. The molecule has 2 aliphatic carbocycles. The van der Waals surface area contributed by atoms with Gasteiger partial charge in [-0.15, -0.1) is 6.58 Å². The molecular formula is C29H46. The maximum absolute atomic E-state index is 3.93. The highest BCUT2D eigenvalue weighted by atomic mass is 14.4. The molecule has 0 spiro atoms. The molecule has 0 aromatic heterocycles. The minimum atomic E-state index is 0.455. The number of rotatable bonds is 11. The number of hydrogen-bond donors (Lipinski definition) is 0. The van der Waals surface area contributed by atoms with Crippen molar-refractivity contribution in [3.63, 3.8) is 0 Å². The molecule has 0 unspecified atom stereocenters. The zero-order valence-corrected chi connectivity index (χ0v) is 19.3. The fraction of sp³-hybridized carbons (Fsp3) is 0.724. The monoisotopic (exact) mass is 394 g/mol. The Balaban J connectivity index is 1.49. The average Bonchev–Trinajstić information content (AvgIpc) is 2.78. The van der Waals surface area contributed by atoms with Gasteiger partial charge in [-0.1, -0.05) is 101 Å². The normalized spacial score (nSPS) is 24.3. The average molecular weight is 395 g/mol. The number of aryl methyl sites for hydroxylation is 1. The van der Waals surface area contributed by atoms with E-state index in [-0.39, 0.29) is 0 Å². The van der Waals surface area contributed by atoms with E-state index in [4.69, 9.17) is 0 Å². The zero-order valence-electron chi connectivity index (χ0n) is 19.3. The summed E-state index contributed by atoms with van der Waals surface area (Å²) < 4.78 is 0. The van der Waals surface area contributed by atoms with Crippen LogP contribution in [0.15, 0.2) is 36.9 Å². The van der Waals surface area contributed by atoms with Crippen LogP contribution in [0.25, 0.3) is 0 Å². The van der Waals surface area contributed by atoms with Crippen LogP contribution in [0.4, 0.5) is 0 Å². The fourth-order valence-corrected chi connectivity index (χ4v) is 6.19. The Morgan fingerprint density at radius 2 is 1.55 bits per heavy atom. The zero-order chi connectivity index (χ0) is 20.4. The van der Waals surface area contributed by atoms with E-state index in [9.17, 15) is 0 Å². The van der Waals surface area contributed by atoms with Crippen molar-refractivity contribution in [2.24, 2.45) is 11.8 Å². The van der Waals surface area contributed by atoms with Gasteiger partial charge in [-0.05, 0) is 73.3 Å². The fourth-order valence-electron chi connectivity index (χ4n) is 6.19. The van der Waals surface area contributed by atoms with Crippen LogP contribution in [0.5, 0.6) is 0 Å². The lowest BCUT2D eigenvalue weighted by atomic mass is 9.66. The summed E-state index contributed by atoms with van der Waals surface area (Å²) in [4.78, 5) is 0. The molecule has 1 aromatic rings. The molecule has 0 heteroatoms. The van der Waals surface area contributed by atoms with Crippen LogP contribution in [0.3, 0.4) is 0 Å². The van der Waals surface area contributed by atoms with Gasteiger partial charge in [0.05, 0.1) is 0 Å². The van der Waals surface area contributed by atoms with Gasteiger partial charge in [-0.25, -0.2) is 0 Å². The van der Waals surface area contributed by atoms with Gasteiger partial charge in [0.2, 0.25) is 0 Å². The molecule has 162 valence electrons. The van der Waals surface area contributed by atoms with Gasteiger partial charge in [0, 0.05) is 0 Å². The first-order valence-electron chi connectivity index (χ1n) is 13.0. The van der Waals surface area contributed by atoms with Crippen LogP contribution in [0.2, 0.25) is 0 Å². The second kappa shape index (κ2) is 12.0. The van der Waals surface area contributed by atoms with Gasteiger partial charge in [-0.3, -0.25) is 0 Å². The van der Waals surface area contributed by atoms with Crippen LogP contribution < -0.4 is 0 Å². The molecule has 2 aliphatic rings. The summed E-state index contributed by atoms with van der Waals surface area (Å²) in [6.07, 6.45) is 25.9. The van der Waals surface area contributed by atoms with E-state index >= 15 is 0 Å². The largest absolute Gasteiger partial charge is 0.103 e. The molecule has 0 saturated heterocycles. The van der Waals surface area contributed by atoms with Crippen LogP contribution >= 0.6 is 0 Å². The lowest BCUT2D eigenvalue weighted by molar-refractivity contribution is 0.250. The number of unbranched alkanes of at least 4 members (excludes halogenated alkanes) is 2. The maximum Gasteiger partial charge on any atom is -0.00469 e. The van der Waals surface area contributed by atoms with E-state index in [1.807, 2.05) is 0 Å². The third-order valence-electron chi connectivity index (χ3n) is 8.21. The van der Waals surface area contributed by atoms with Gasteiger partial charge >= 0.3 is 0 Å². The first kappa shape index (κ1) is 22.6. The molecular weight excluding hydrogens is 348 g/mol. The molecule has 0 aliphatic heterocycles. The SMILES string of the molecule is C=CCCCC1(c2ccc(CCC3CCC(CCCC)CC3)cc2)CCCCC1. The minimum Gasteiger partial charge on any atom is -0.103 e. The number of benzene rings is 1. The summed E-state index contributed by atoms with van der Waals surface area (Å²) in [6.45, 7) is 6.25. The van der Waals surface area contributed by atoms with Crippen molar-refractivity contribution < 1.29 is 0 Å². The van der Waals surface area contributed by atoms with Crippen molar-refractivity contribution in [1.29, 1.82) is 0 Å². The third-order valence-corrected chi connectivity index (χ3v) is 8.21. The van der Waals surface area contributed by atoms with Gasteiger partial charge in [-0.2, -0.15) is 0 Å². The van der Waals surface area contributed by atoms with Crippen molar-refractivity contribution in [2.45, 2.75) is 121 Å². The lowest BCUT2D eigenvalue weighted by Crippen LogP contribution is -2.29. The number of hydrogen-bond acceptors (Lipinski definition) is 0. The summed E-state index contributed by atoms with van der Waals surface area (Å²) in [5.74, 6) is 2.02. The predicted molar refractivity (Wildman–Crippen MR) is 129 cm³/mol. The van der Waals surface area contributed by atoms with E-state index < -0.39 is 0 Å². The van der Waals surface area contributed by atoms with Crippen molar-refractivity contribution in [3.05, 3.63) is 48.0 Å². The van der Waals surface area contributed by atoms with Crippen molar-refractivity contribution >= 4 is 0 Å². The molecule has 0 atom stereocenters. The number of allylic oxidation sites excluding steroid dienone is 1. The molecule has 0 bridgehead atoms. The van der Waals surface area contributed by atoms with E-state index in [2.05, 4.69) is 43.8 Å². The predicted octanol–water partition coefficient (Wildman–Crippen LogP) is 9.17. The molecule has 0 radical (unpaired) electrons. The smallest absolute Gasteiger partial charge is 0.00469 e. The standard InChI is InChI=1S/C29H46/c1-3-5-8-22-29(23-9-7-10-24-29)28-20-18-27(19-21-28)17-16-26-14-12-25(13-15-26)11-6-4-2/h3,18-21,25-26H,1,4-17,22-24H2,2H3. The van der Waals surface area contributed by atoms with Crippen molar-refractivity contribution in [3.8, 4) is 0 Å². The van der Waals surface area contributed by atoms with Crippen LogP contribution in [0.1, 0.15) is 121 Å². The second-order valence-corrected chi connectivity index (χ2v) is 10.3. The highest BCUT2D eigenvalue weighted by Crippen LogP contribution is 2.43. The third kappa shape index (κ3) is 6.73. The molecule has 0 amide bonds. The highest BCUT2D eigenvalue weighted by molar-refractivity contribution is 5.30. The van der Waals surface area contributed by atoms with Crippen molar-refractivity contribution in [1.82, 2.24) is 0 Å². The summed E-state index contributed by atoms with van der Waals surface area (Å²) in [7, 11) is 0. The maximum atomic E-state index is 3.93.